The third-order valence-electron chi connectivity index (χ3n) is 5.06. The molecule has 1 N–H and O–H groups in total. The molecule has 1 amide bonds. The van der Waals surface area contributed by atoms with E-state index in [4.69, 9.17) is 0 Å². The fraction of sp³-hybridized carbons (Fsp3) is 0.0400. The zero-order chi connectivity index (χ0) is 21.2. The number of hydrogen-bond donors (Lipinski definition) is 1. The molecule has 5 aromatic rings. The van der Waals surface area contributed by atoms with E-state index in [1.54, 1.807) is 10.6 Å². The van der Waals surface area contributed by atoms with Gasteiger partial charge in [0.05, 0.1) is 5.69 Å². The van der Waals surface area contributed by atoms with Crippen LogP contribution in [0.25, 0.3) is 33.9 Å². The number of aryl methyl sites for hydroxylation is 1. The second-order valence-corrected chi connectivity index (χ2v) is 7.20. The summed E-state index contributed by atoms with van der Waals surface area (Å²) in [6, 6.07) is 25.2. The van der Waals surface area contributed by atoms with Gasteiger partial charge in [-0.15, -0.1) is 10.2 Å². The van der Waals surface area contributed by atoms with E-state index in [1.165, 1.54) is 6.08 Å². The van der Waals surface area contributed by atoms with E-state index in [-0.39, 0.29) is 5.91 Å². The van der Waals surface area contributed by atoms with Crippen molar-refractivity contribution < 1.29 is 4.79 Å². The lowest BCUT2D eigenvalue weighted by Gasteiger charge is -2.07. The molecule has 0 aliphatic heterocycles. The SMILES string of the molecule is Cc1nn2c(-c3cccc(NC(=O)/C=C/c4ccccc4)c3)nnc2c2ccccc12. The average molecular weight is 405 g/mol. The monoisotopic (exact) mass is 405 g/mol. The van der Waals surface area contributed by atoms with Gasteiger partial charge in [0.25, 0.3) is 0 Å². The minimum atomic E-state index is -0.202. The van der Waals surface area contributed by atoms with Gasteiger partial charge in [-0.25, -0.2) is 0 Å². The van der Waals surface area contributed by atoms with E-state index in [2.05, 4.69) is 20.6 Å². The summed E-state index contributed by atoms with van der Waals surface area (Å²) in [5, 5.41) is 18.4. The number of amides is 1. The lowest BCUT2D eigenvalue weighted by atomic mass is 10.1. The van der Waals surface area contributed by atoms with Crippen LogP contribution in [0.2, 0.25) is 0 Å². The van der Waals surface area contributed by atoms with E-state index >= 15 is 0 Å². The highest BCUT2D eigenvalue weighted by Gasteiger charge is 2.14. The molecule has 31 heavy (non-hydrogen) atoms. The molecule has 6 heteroatoms. The van der Waals surface area contributed by atoms with Crippen LogP contribution < -0.4 is 5.32 Å². The first-order valence-corrected chi connectivity index (χ1v) is 9.94. The largest absolute Gasteiger partial charge is 0.322 e. The highest BCUT2D eigenvalue weighted by molar-refractivity contribution is 6.02. The second-order valence-electron chi connectivity index (χ2n) is 7.20. The zero-order valence-electron chi connectivity index (χ0n) is 16.9. The Morgan fingerprint density at radius 1 is 0.903 bits per heavy atom. The summed E-state index contributed by atoms with van der Waals surface area (Å²) >= 11 is 0. The molecule has 0 aliphatic carbocycles. The maximum Gasteiger partial charge on any atom is 0.248 e. The number of fused-ring (bicyclic) bond motifs is 3. The van der Waals surface area contributed by atoms with Crippen LogP contribution in [0.3, 0.4) is 0 Å². The maximum atomic E-state index is 12.3. The van der Waals surface area contributed by atoms with Crippen molar-refractivity contribution in [1.29, 1.82) is 0 Å². The normalized spacial score (nSPS) is 11.4. The van der Waals surface area contributed by atoms with Gasteiger partial charge in [0.15, 0.2) is 11.5 Å². The number of rotatable bonds is 4. The van der Waals surface area contributed by atoms with Gasteiger partial charge in [-0.2, -0.15) is 9.61 Å². The molecule has 2 heterocycles. The number of aromatic nitrogens is 4. The number of benzene rings is 3. The Kier molecular flexibility index (Phi) is 4.72. The third kappa shape index (κ3) is 3.67. The van der Waals surface area contributed by atoms with Crippen molar-refractivity contribution in [3.63, 3.8) is 0 Å². The predicted octanol–water partition coefficient (Wildman–Crippen LogP) is 4.90. The van der Waals surface area contributed by atoms with E-state index in [0.29, 0.717) is 17.2 Å². The van der Waals surface area contributed by atoms with Crippen LogP contribution in [0.15, 0.2) is 84.9 Å². The van der Waals surface area contributed by atoms with Crippen molar-refractivity contribution in [3.8, 4) is 11.4 Å². The molecule has 2 aromatic heterocycles. The molecule has 3 aromatic carbocycles. The van der Waals surface area contributed by atoms with Crippen molar-refractivity contribution >= 4 is 34.1 Å². The Balaban J connectivity index is 1.46. The van der Waals surface area contributed by atoms with Gasteiger partial charge in [0, 0.05) is 28.1 Å². The van der Waals surface area contributed by atoms with E-state index in [1.807, 2.05) is 85.8 Å². The molecule has 0 bridgehead atoms. The van der Waals surface area contributed by atoms with Gasteiger partial charge in [-0.1, -0.05) is 66.7 Å². The van der Waals surface area contributed by atoms with Crippen molar-refractivity contribution in [2.45, 2.75) is 6.92 Å². The van der Waals surface area contributed by atoms with Gasteiger partial charge in [-0.05, 0) is 30.7 Å². The Bertz CT molecular complexity index is 1440. The van der Waals surface area contributed by atoms with E-state index in [0.717, 1.165) is 27.6 Å². The Morgan fingerprint density at radius 2 is 1.68 bits per heavy atom. The van der Waals surface area contributed by atoms with Crippen LogP contribution in [-0.4, -0.2) is 25.7 Å². The first kappa shape index (κ1) is 18.7. The zero-order valence-corrected chi connectivity index (χ0v) is 16.9. The summed E-state index contributed by atoms with van der Waals surface area (Å²) in [5.41, 5.74) is 4.07. The molecule has 0 radical (unpaired) electrons. The van der Waals surface area contributed by atoms with Gasteiger partial charge < -0.3 is 5.32 Å². The number of nitrogens with one attached hydrogen (secondary N) is 1. The molecule has 0 spiro atoms. The number of carbonyl (C=O) groups excluding carboxylic acids is 1. The Morgan fingerprint density at radius 3 is 2.52 bits per heavy atom. The molecule has 0 unspecified atom stereocenters. The third-order valence-corrected chi connectivity index (χ3v) is 5.06. The molecule has 0 saturated heterocycles. The Labute approximate surface area is 178 Å². The average Bonchev–Trinajstić information content (AvgIpc) is 3.23. The molecule has 0 fully saturated rings. The first-order valence-electron chi connectivity index (χ1n) is 9.94. The Hall–Kier alpha value is -4.32. The standard InChI is InChI=1S/C25H19N5O/c1-17-21-12-5-6-13-22(21)25-28-27-24(30(25)29-17)19-10-7-11-20(16-19)26-23(31)15-14-18-8-3-2-4-9-18/h2-16H,1H3,(H,26,31)/b15-14+. The lowest BCUT2D eigenvalue weighted by molar-refractivity contribution is -0.111. The molecule has 0 atom stereocenters. The van der Waals surface area contributed by atoms with Crippen molar-refractivity contribution in [2.75, 3.05) is 5.32 Å². The van der Waals surface area contributed by atoms with Crippen LogP contribution >= 0.6 is 0 Å². The molecule has 0 saturated carbocycles. The van der Waals surface area contributed by atoms with Crippen molar-refractivity contribution in [2.24, 2.45) is 0 Å². The maximum absolute atomic E-state index is 12.3. The molecule has 150 valence electrons. The van der Waals surface area contributed by atoms with Gasteiger partial charge in [0.2, 0.25) is 5.91 Å². The van der Waals surface area contributed by atoms with Crippen molar-refractivity contribution in [3.05, 3.63) is 96.2 Å². The number of carbonyl (C=O) groups is 1. The van der Waals surface area contributed by atoms with Gasteiger partial charge >= 0.3 is 0 Å². The summed E-state index contributed by atoms with van der Waals surface area (Å²) in [5.74, 6) is 0.423. The van der Waals surface area contributed by atoms with E-state index < -0.39 is 0 Å². The van der Waals surface area contributed by atoms with Crippen LogP contribution in [0, 0.1) is 6.92 Å². The van der Waals surface area contributed by atoms with E-state index in [9.17, 15) is 4.79 Å². The highest BCUT2D eigenvalue weighted by atomic mass is 16.1. The van der Waals surface area contributed by atoms with Crippen LogP contribution in [0.4, 0.5) is 5.69 Å². The smallest absolute Gasteiger partial charge is 0.248 e. The summed E-state index contributed by atoms with van der Waals surface area (Å²) in [7, 11) is 0. The fourth-order valence-corrected chi connectivity index (χ4v) is 3.58. The first-order chi connectivity index (χ1) is 15.2. The summed E-state index contributed by atoms with van der Waals surface area (Å²) < 4.78 is 1.76. The highest BCUT2D eigenvalue weighted by Crippen LogP contribution is 2.26. The summed E-state index contributed by atoms with van der Waals surface area (Å²) in [4.78, 5) is 12.3. The lowest BCUT2D eigenvalue weighted by Crippen LogP contribution is -2.07. The van der Waals surface area contributed by atoms with Gasteiger partial charge in [-0.3, -0.25) is 4.79 Å². The van der Waals surface area contributed by atoms with Gasteiger partial charge in [0.1, 0.15) is 0 Å². The minimum Gasteiger partial charge on any atom is -0.322 e. The number of hydrogen-bond acceptors (Lipinski definition) is 4. The fourth-order valence-electron chi connectivity index (χ4n) is 3.58. The quantitative estimate of drug-likeness (QED) is 0.432. The number of anilines is 1. The van der Waals surface area contributed by atoms with Crippen LogP contribution in [-0.2, 0) is 4.79 Å². The van der Waals surface area contributed by atoms with Crippen molar-refractivity contribution in [1.82, 2.24) is 19.8 Å². The molecule has 0 aliphatic rings. The topological polar surface area (TPSA) is 72.2 Å². The molecular formula is C25H19N5O. The number of nitrogens with zero attached hydrogens (tertiary/aromatic N) is 4. The predicted molar refractivity (Wildman–Crippen MR) is 123 cm³/mol. The minimum absolute atomic E-state index is 0.202. The van der Waals surface area contributed by atoms with Crippen LogP contribution in [0.5, 0.6) is 0 Å². The molecular weight excluding hydrogens is 386 g/mol. The van der Waals surface area contributed by atoms with Crippen LogP contribution in [0.1, 0.15) is 11.3 Å². The second kappa shape index (κ2) is 7.84. The molecule has 6 nitrogen and oxygen atoms in total. The summed E-state index contributed by atoms with van der Waals surface area (Å²) in [6.07, 6.45) is 3.30. The summed E-state index contributed by atoms with van der Waals surface area (Å²) in [6.45, 7) is 1.97. The molecule has 5 rings (SSSR count).